The number of H-pyrrole nitrogens is 1. The van der Waals surface area contributed by atoms with Crippen LogP contribution in [0.2, 0.25) is 0 Å². The molecular formula is C29H32F3N9O2. The van der Waals surface area contributed by atoms with Gasteiger partial charge in [-0.3, -0.25) is 0 Å². The van der Waals surface area contributed by atoms with Crippen molar-refractivity contribution < 1.29 is 23.1 Å². The summed E-state index contributed by atoms with van der Waals surface area (Å²) in [6.45, 7) is 4.46. The average Bonchev–Trinajstić information content (AvgIpc) is 3.59. The predicted octanol–water partition coefficient (Wildman–Crippen LogP) is 4.81. The molecule has 0 radical (unpaired) electrons. The number of alkyl halides is 3. The molecule has 1 aliphatic rings. The van der Waals surface area contributed by atoms with Crippen LogP contribution in [0.3, 0.4) is 0 Å². The predicted molar refractivity (Wildman–Crippen MR) is 156 cm³/mol. The number of likely N-dealkylation sites (tertiary alicyclic amines) is 1. The lowest BCUT2D eigenvalue weighted by atomic mass is 10.1. The van der Waals surface area contributed by atoms with E-state index in [-0.39, 0.29) is 0 Å². The molecule has 11 nitrogen and oxygen atoms in total. The van der Waals surface area contributed by atoms with Gasteiger partial charge in [-0.15, -0.1) is 10.2 Å². The number of halogens is 3. The summed E-state index contributed by atoms with van der Waals surface area (Å²) in [6, 6.07) is 16.6. The highest BCUT2D eigenvalue weighted by Crippen LogP contribution is 2.32. The first-order valence-electron chi connectivity index (χ1n) is 14.0. The monoisotopic (exact) mass is 595 g/mol. The Morgan fingerprint density at radius 1 is 1.07 bits per heavy atom. The number of aromatic nitrogens is 7. The van der Waals surface area contributed by atoms with Gasteiger partial charge in [0, 0.05) is 29.4 Å². The summed E-state index contributed by atoms with van der Waals surface area (Å²) in [6.07, 6.45) is 0.704. The number of aryl methyl sites for hydroxylation is 1. The number of carbonyl (C=O) groups is 1. The number of tetrazole rings is 1. The van der Waals surface area contributed by atoms with Crippen LogP contribution in [0.25, 0.3) is 33.3 Å². The first kappa shape index (κ1) is 29.9. The molecular weight excluding hydrogens is 563 g/mol. The highest BCUT2D eigenvalue weighted by Gasteiger charge is 2.38. The number of nitrogens with zero attached hydrogens (tertiary/aromatic N) is 7. The van der Waals surface area contributed by atoms with E-state index >= 15 is 0 Å². The molecule has 0 unspecified atom stereocenters. The van der Waals surface area contributed by atoms with Crippen LogP contribution in [0, 0.1) is 0 Å². The molecule has 0 bridgehead atoms. The number of carboxylic acids is 1. The van der Waals surface area contributed by atoms with Crippen LogP contribution in [0.4, 0.5) is 19.0 Å². The van der Waals surface area contributed by atoms with Gasteiger partial charge in [0.1, 0.15) is 17.3 Å². The van der Waals surface area contributed by atoms with E-state index in [0.717, 1.165) is 58.7 Å². The zero-order valence-corrected chi connectivity index (χ0v) is 23.6. The lowest BCUT2D eigenvalue weighted by Crippen LogP contribution is -2.31. The largest absolute Gasteiger partial charge is 0.490 e. The van der Waals surface area contributed by atoms with Crippen molar-refractivity contribution in [1.29, 1.82) is 0 Å². The number of rotatable bonds is 8. The van der Waals surface area contributed by atoms with E-state index in [2.05, 4.69) is 67.0 Å². The molecule has 5 aromatic rings. The molecule has 0 amide bonds. The van der Waals surface area contributed by atoms with Gasteiger partial charge in [0.05, 0.1) is 12.4 Å². The molecule has 1 saturated heterocycles. The second kappa shape index (κ2) is 13.2. The number of benzene rings is 2. The second-order valence-corrected chi connectivity index (χ2v) is 10.3. The number of hydrogen-bond acceptors (Lipinski definition) is 8. The minimum Gasteiger partial charge on any atom is -0.475 e. The minimum absolute atomic E-state index is 0.602. The van der Waals surface area contributed by atoms with Crippen LogP contribution in [0.1, 0.15) is 37.1 Å². The SMILES string of the molecule is Cn1nnc(-c2ccc3c(c2)[nH]c2nc(Cc4ccccc4)nc(NCCCN4CCCCC4)c23)n1.O=C(O)C(F)(F)F. The summed E-state index contributed by atoms with van der Waals surface area (Å²) < 4.78 is 31.7. The van der Waals surface area contributed by atoms with Crippen LogP contribution in [-0.4, -0.2) is 83.5 Å². The molecule has 1 aliphatic heterocycles. The van der Waals surface area contributed by atoms with Crippen LogP contribution in [0.5, 0.6) is 0 Å². The maximum Gasteiger partial charge on any atom is 0.490 e. The number of aromatic amines is 1. The summed E-state index contributed by atoms with van der Waals surface area (Å²) >= 11 is 0. The molecule has 0 aliphatic carbocycles. The molecule has 3 aromatic heterocycles. The molecule has 1 fully saturated rings. The molecule has 0 saturated carbocycles. The number of carboxylic acid groups (broad SMARTS) is 1. The van der Waals surface area contributed by atoms with E-state index in [1.807, 2.05) is 12.1 Å². The van der Waals surface area contributed by atoms with Gasteiger partial charge in [-0.25, -0.2) is 14.8 Å². The fourth-order valence-electron chi connectivity index (χ4n) is 5.06. The Kier molecular flexibility index (Phi) is 9.14. The molecule has 6 rings (SSSR count). The summed E-state index contributed by atoms with van der Waals surface area (Å²) in [5, 5.41) is 25.4. The van der Waals surface area contributed by atoms with Crippen molar-refractivity contribution in [2.75, 3.05) is 31.5 Å². The molecule has 14 heteroatoms. The first-order chi connectivity index (χ1) is 20.7. The van der Waals surface area contributed by atoms with E-state index in [9.17, 15) is 13.2 Å². The highest BCUT2D eigenvalue weighted by molar-refractivity contribution is 6.11. The van der Waals surface area contributed by atoms with Gasteiger partial charge in [0.2, 0.25) is 5.82 Å². The number of fused-ring (bicyclic) bond motifs is 3. The Labute approximate surface area is 245 Å². The lowest BCUT2D eigenvalue weighted by Gasteiger charge is -2.26. The third kappa shape index (κ3) is 7.63. The van der Waals surface area contributed by atoms with Crippen LogP contribution in [-0.2, 0) is 18.3 Å². The van der Waals surface area contributed by atoms with Crippen LogP contribution >= 0.6 is 0 Å². The van der Waals surface area contributed by atoms with Gasteiger partial charge in [0.15, 0.2) is 0 Å². The van der Waals surface area contributed by atoms with Gasteiger partial charge < -0.3 is 20.3 Å². The van der Waals surface area contributed by atoms with Crippen molar-refractivity contribution in [2.24, 2.45) is 7.05 Å². The summed E-state index contributed by atoms with van der Waals surface area (Å²) in [7, 11) is 1.77. The van der Waals surface area contributed by atoms with Crippen molar-refractivity contribution in [2.45, 2.75) is 38.3 Å². The van der Waals surface area contributed by atoms with E-state index < -0.39 is 12.1 Å². The van der Waals surface area contributed by atoms with E-state index in [4.69, 9.17) is 19.9 Å². The normalized spacial score (nSPS) is 14.0. The average molecular weight is 596 g/mol. The van der Waals surface area contributed by atoms with Crippen LogP contribution < -0.4 is 5.32 Å². The van der Waals surface area contributed by atoms with Gasteiger partial charge in [-0.2, -0.15) is 18.0 Å². The Morgan fingerprint density at radius 3 is 2.49 bits per heavy atom. The van der Waals surface area contributed by atoms with Crippen molar-refractivity contribution in [3.63, 3.8) is 0 Å². The zero-order chi connectivity index (χ0) is 30.4. The van der Waals surface area contributed by atoms with Crippen molar-refractivity contribution >= 4 is 33.7 Å². The molecule has 0 atom stereocenters. The molecule has 2 aromatic carbocycles. The van der Waals surface area contributed by atoms with E-state index in [1.165, 1.54) is 42.7 Å². The first-order valence-corrected chi connectivity index (χ1v) is 14.0. The third-order valence-corrected chi connectivity index (χ3v) is 7.10. The maximum absolute atomic E-state index is 10.6. The summed E-state index contributed by atoms with van der Waals surface area (Å²) in [4.78, 5) is 26.4. The zero-order valence-electron chi connectivity index (χ0n) is 23.6. The van der Waals surface area contributed by atoms with Gasteiger partial charge in [-0.1, -0.05) is 48.9 Å². The fourth-order valence-corrected chi connectivity index (χ4v) is 5.06. The fraction of sp³-hybridized carbons (Fsp3) is 0.379. The minimum atomic E-state index is -5.08. The Balaban J connectivity index is 0.000000472. The number of aliphatic carboxylic acids is 1. The smallest absolute Gasteiger partial charge is 0.475 e. The number of piperidine rings is 1. The Bertz CT molecular complexity index is 1680. The molecule has 3 N–H and O–H groups in total. The lowest BCUT2D eigenvalue weighted by molar-refractivity contribution is -0.192. The van der Waals surface area contributed by atoms with E-state index in [1.54, 1.807) is 7.05 Å². The molecule has 0 spiro atoms. The van der Waals surface area contributed by atoms with Crippen molar-refractivity contribution in [3.8, 4) is 11.4 Å². The Morgan fingerprint density at radius 2 is 1.81 bits per heavy atom. The number of anilines is 1. The number of hydrogen-bond donors (Lipinski definition) is 3. The highest BCUT2D eigenvalue weighted by atomic mass is 19.4. The Hall–Kier alpha value is -4.59. The van der Waals surface area contributed by atoms with Gasteiger partial charge in [-0.05, 0) is 55.7 Å². The third-order valence-electron chi connectivity index (χ3n) is 7.10. The summed E-state index contributed by atoms with van der Waals surface area (Å²) in [5.74, 6) is -0.465. The van der Waals surface area contributed by atoms with Crippen molar-refractivity contribution in [1.82, 2.24) is 40.1 Å². The molecule has 43 heavy (non-hydrogen) atoms. The molecule has 226 valence electrons. The number of nitrogens with one attached hydrogen (secondary N) is 2. The van der Waals surface area contributed by atoms with E-state index in [0.29, 0.717) is 12.2 Å². The van der Waals surface area contributed by atoms with Gasteiger partial charge in [0.25, 0.3) is 0 Å². The quantitative estimate of drug-likeness (QED) is 0.216. The molecule has 4 heterocycles. The second-order valence-electron chi connectivity index (χ2n) is 10.3. The van der Waals surface area contributed by atoms with Gasteiger partial charge >= 0.3 is 12.1 Å². The standard InChI is InChI=1S/C27H31N9.C2HF3O2/c1-35-33-25(32-34-35)20-11-12-21-22(18-20)29-27-24(21)26(28-13-8-16-36-14-6-3-7-15-36)30-23(31-27)17-19-9-4-2-5-10-19;3-2(4,5)1(6)7/h2,4-5,9-12,18H,3,6-8,13-17H2,1H3,(H2,28,29,30,31);(H,6,7). The topological polar surface area (TPSA) is 138 Å². The maximum atomic E-state index is 10.6. The van der Waals surface area contributed by atoms with Crippen LogP contribution in [0.15, 0.2) is 48.5 Å². The van der Waals surface area contributed by atoms with Crippen molar-refractivity contribution in [3.05, 3.63) is 59.9 Å². The summed E-state index contributed by atoms with van der Waals surface area (Å²) in [5.41, 5.74) is 3.93.